The van der Waals surface area contributed by atoms with E-state index in [-0.39, 0.29) is 37.3 Å². The third-order valence-electron chi connectivity index (χ3n) is 7.30. The average molecular weight is 459 g/mol. The monoisotopic (exact) mass is 458 g/mol. The van der Waals surface area contributed by atoms with Gasteiger partial charge in [0, 0.05) is 11.8 Å². The van der Waals surface area contributed by atoms with Gasteiger partial charge in [-0.1, -0.05) is 60.7 Å². The summed E-state index contributed by atoms with van der Waals surface area (Å²) in [6, 6.07) is 22.4. The lowest BCUT2D eigenvalue weighted by Gasteiger charge is -2.38. The van der Waals surface area contributed by atoms with Crippen LogP contribution >= 0.6 is 0 Å². The number of hydrogen-bond acceptors (Lipinski definition) is 4. The van der Waals surface area contributed by atoms with Crippen molar-refractivity contribution < 1.29 is 23.5 Å². The number of fused-ring (bicyclic) bond motifs is 2. The fraction of sp³-hybridized carbons (Fsp3) is 0.310. The summed E-state index contributed by atoms with van der Waals surface area (Å²) in [7, 11) is 0. The lowest BCUT2D eigenvalue weighted by Crippen LogP contribution is -2.47. The maximum atomic E-state index is 13.9. The molecule has 0 fully saturated rings. The van der Waals surface area contributed by atoms with Crippen LogP contribution in [0.4, 0.5) is 4.39 Å². The van der Waals surface area contributed by atoms with E-state index in [0.717, 1.165) is 27.8 Å². The van der Waals surface area contributed by atoms with E-state index < -0.39 is 23.3 Å². The number of halogens is 1. The molecule has 5 heteroatoms. The molecule has 0 saturated heterocycles. The Labute approximate surface area is 198 Å². The lowest BCUT2D eigenvalue weighted by atomic mass is 9.64. The van der Waals surface area contributed by atoms with Crippen molar-refractivity contribution in [3.63, 3.8) is 0 Å². The highest BCUT2D eigenvalue weighted by atomic mass is 19.1. The Morgan fingerprint density at radius 3 is 1.74 bits per heavy atom. The van der Waals surface area contributed by atoms with E-state index in [0.29, 0.717) is 0 Å². The zero-order valence-electron chi connectivity index (χ0n) is 19.3. The first-order chi connectivity index (χ1) is 16.5. The number of ether oxygens (including phenoxy) is 2. The minimum atomic E-state index is -1.57. The molecule has 3 aromatic carbocycles. The van der Waals surface area contributed by atoms with Gasteiger partial charge < -0.3 is 9.47 Å². The third-order valence-corrected chi connectivity index (χ3v) is 7.30. The Bertz CT molecular complexity index is 1170. The minimum Gasteiger partial charge on any atom is -0.465 e. The molecule has 3 aromatic rings. The first kappa shape index (κ1) is 22.3. The molecule has 0 spiro atoms. The zero-order valence-corrected chi connectivity index (χ0v) is 19.3. The predicted octanol–water partition coefficient (Wildman–Crippen LogP) is 5.70. The molecule has 0 radical (unpaired) electrons. The molecule has 3 aliphatic rings. The Hall–Kier alpha value is -3.47. The van der Waals surface area contributed by atoms with Gasteiger partial charge in [-0.15, -0.1) is 0 Å². The zero-order chi connectivity index (χ0) is 23.9. The van der Waals surface area contributed by atoms with E-state index in [1.54, 1.807) is 26.0 Å². The van der Waals surface area contributed by atoms with Crippen LogP contribution in [-0.4, -0.2) is 25.2 Å². The van der Waals surface area contributed by atoms with Crippen LogP contribution in [0.3, 0.4) is 0 Å². The number of carbonyl (C=O) groups is 2. The summed E-state index contributed by atoms with van der Waals surface area (Å²) in [6.45, 7) is 3.79. The van der Waals surface area contributed by atoms with Crippen molar-refractivity contribution in [2.45, 2.75) is 38.0 Å². The molecule has 0 N–H and O–H groups in total. The third kappa shape index (κ3) is 3.25. The molecule has 0 aromatic heterocycles. The van der Waals surface area contributed by atoms with Gasteiger partial charge in [0.15, 0.2) is 5.41 Å². The van der Waals surface area contributed by atoms with Crippen LogP contribution in [0.1, 0.15) is 65.8 Å². The van der Waals surface area contributed by atoms with Crippen LogP contribution in [0.15, 0.2) is 72.8 Å². The first-order valence-corrected chi connectivity index (χ1v) is 11.8. The topological polar surface area (TPSA) is 52.6 Å². The average Bonchev–Trinajstić information content (AvgIpc) is 3.07. The van der Waals surface area contributed by atoms with Crippen molar-refractivity contribution in [1.82, 2.24) is 0 Å². The smallest absolute Gasteiger partial charge is 0.324 e. The molecule has 0 saturated carbocycles. The largest absolute Gasteiger partial charge is 0.465 e. The molecule has 6 rings (SSSR count). The molecule has 4 nitrogen and oxygen atoms in total. The summed E-state index contributed by atoms with van der Waals surface area (Å²) in [5.41, 5.74) is 3.35. The molecule has 0 unspecified atom stereocenters. The van der Waals surface area contributed by atoms with Crippen LogP contribution in [0.5, 0.6) is 0 Å². The molecule has 0 heterocycles. The van der Waals surface area contributed by atoms with Crippen LogP contribution in [0.25, 0.3) is 0 Å². The van der Waals surface area contributed by atoms with Crippen LogP contribution < -0.4 is 0 Å². The molecule has 2 bridgehead atoms. The second-order valence-corrected chi connectivity index (χ2v) is 8.94. The van der Waals surface area contributed by atoms with Gasteiger partial charge in [0.1, 0.15) is 5.82 Å². The molecule has 34 heavy (non-hydrogen) atoms. The first-order valence-electron chi connectivity index (χ1n) is 11.8. The van der Waals surface area contributed by atoms with Gasteiger partial charge >= 0.3 is 11.9 Å². The quantitative estimate of drug-likeness (QED) is 0.363. The van der Waals surface area contributed by atoms with E-state index in [9.17, 15) is 14.0 Å². The number of hydrogen-bond donors (Lipinski definition) is 0. The highest BCUT2D eigenvalue weighted by molar-refractivity contribution is 6.03. The maximum Gasteiger partial charge on any atom is 0.324 e. The Morgan fingerprint density at radius 2 is 1.26 bits per heavy atom. The van der Waals surface area contributed by atoms with Gasteiger partial charge in [0.05, 0.1) is 13.2 Å². The van der Waals surface area contributed by atoms with Crippen molar-refractivity contribution in [3.05, 3.63) is 106 Å². The van der Waals surface area contributed by atoms with Gasteiger partial charge in [-0.3, -0.25) is 9.59 Å². The van der Waals surface area contributed by atoms with E-state index in [1.807, 2.05) is 36.4 Å². The Kier molecular flexibility index (Phi) is 5.72. The lowest BCUT2D eigenvalue weighted by molar-refractivity contribution is -0.174. The minimum absolute atomic E-state index is 0.0974. The van der Waals surface area contributed by atoms with Gasteiger partial charge in [-0.05, 0) is 66.1 Å². The Morgan fingerprint density at radius 1 is 0.794 bits per heavy atom. The van der Waals surface area contributed by atoms with Crippen LogP contribution in [0.2, 0.25) is 0 Å². The summed E-state index contributed by atoms with van der Waals surface area (Å²) in [5, 5.41) is 0. The summed E-state index contributed by atoms with van der Waals surface area (Å²) < 4.78 is 25.0. The number of rotatable bonds is 5. The van der Waals surface area contributed by atoms with Crippen molar-refractivity contribution in [3.8, 4) is 0 Å². The predicted molar refractivity (Wildman–Crippen MR) is 126 cm³/mol. The normalized spacial score (nSPS) is 21.7. The van der Waals surface area contributed by atoms with E-state index in [1.165, 1.54) is 12.1 Å². The summed E-state index contributed by atoms with van der Waals surface area (Å²) in [4.78, 5) is 27.7. The number of esters is 2. The standard InChI is InChI=1S/C29H27FO4/c1-3-33-27(31)29(28(32)34-4-2)17-24(18-13-15-19(30)16-14-18)25-20-9-5-7-11-22(20)26(29)23-12-8-6-10-21(23)25/h5-16,24-26H,3-4,17H2,1-2H3/t24-,25?,26?/m0/s1. The SMILES string of the molecule is CCOC(=O)C1(C(=O)OCC)C[C@@H](c2ccc(F)cc2)C2c3ccccc3C1c1ccccc12. The molecule has 1 atom stereocenters. The second-order valence-electron chi connectivity index (χ2n) is 8.94. The van der Waals surface area contributed by atoms with E-state index in [2.05, 4.69) is 12.1 Å². The van der Waals surface area contributed by atoms with Crippen molar-refractivity contribution in [1.29, 1.82) is 0 Å². The van der Waals surface area contributed by atoms with Crippen molar-refractivity contribution >= 4 is 11.9 Å². The highest BCUT2D eigenvalue weighted by Gasteiger charge is 2.62. The number of benzene rings is 3. The summed E-state index contributed by atoms with van der Waals surface area (Å²) >= 11 is 0. The van der Waals surface area contributed by atoms with Gasteiger partial charge in [-0.25, -0.2) is 4.39 Å². The molecule has 174 valence electrons. The fourth-order valence-corrected chi connectivity index (χ4v) is 6.02. The van der Waals surface area contributed by atoms with Gasteiger partial charge in [0.25, 0.3) is 0 Å². The molecule has 0 amide bonds. The fourth-order valence-electron chi connectivity index (χ4n) is 6.02. The van der Waals surface area contributed by atoms with Gasteiger partial charge in [0.2, 0.25) is 0 Å². The summed E-state index contributed by atoms with van der Waals surface area (Å²) in [6.07, 6.45) is 0.203. The maximum absolute atomic E-state index is 13.9. The highest BCUT2D eigenvalue weighted by Crippen LogP contribution is 2.62. The van der Waals surface area contributed by atoms with Crippen molar-refractivity contribution in [2.24, 2.45) is 5.41 Å². The Balaban J connectivity index is 1.87. The van der Waals surface area contributed by atoms with E-state index >= 15 is 0 Å². The number of carbonyl (C=O) groups excluding carboxylic acids is 2. The second kappa shape index (κ2) is 8.71. The molecule has 3 aliphatic carbocycles. The molecular formula is C29H27FO4. The van der Waals surface area contributed by atoms with E-state index in [4.69, 9.17) is 9.47 Å². The van der Waals surface area contributed by atoms with Gasteiger partial charge in [-0.2, -0.15) is 0 Å². The summed E-state index contributed by atoms with van der Waals surface area (Å²) in [5.74, 6) is -2.37. The van der Waals surface area contributed by atoms with Crippen LogP contribution in [-0.2, 0) is 19.1 Å². The molecule has 0 aliphatic heterocycles. The molecular weight excluding hydrogens is 431 g/mol. The van der Waals surface area contributed by atoms with Crippen LogP contribution in [0, 0.1) is 11.2 Å². The van der Waals surface area contributed by atoms with Crippen molar-refractivity contribution in [2.75, 3.05) is 13.2 Å².